The molecule has 0 aromatic carbocycles. The normalized spacial score (nSPS) is 10.4. The molecular formula is C11H14N4O2. The minimum absolute atomic E-state index is 0.195. The molecule has 0 fully saturated rings. The number of rotatable bonds is 5. The molecule has 2 aromatic rings. The number of hydrogen-bond donors (Lipinski definition) is 3. The lowest BCUT2D eigenvalue weighted by atomic mass is 10.2. The molecule has 2 heterocycles. The summed E-state index contributed by atoms with van der Waals surface area (Å²) in [5, 5.41) is 2.76. The standard InChI is InChI=1S/C11H14N4O2/c12-11-14-7-8(15-11)3-1-5-13-10(16)9-4-2-6-17-9/h2,4,6-7H,1,3,5H2,(H,13,16)(H3,12,14,15). The van der Waals surface area contributed by atoms with Gasteiger partial charge in [0, 0.05) is 12.2 Å². The number of amides is 1. The number of hydrogen-bond acceptors (Lipinski definition) is 4. The molecule has 6 nitrogen and oxygen atoms in total. The first-order chi connectivity index (χ1) is 8.25. The van der Waals surface area contributed by atoms with Crippen LogP contribution in [0.1, 0.15) is 22.7 Å². The van der Waals surface area contributed by atoms with E-state index < -0.39 is 0 Å². The van der Waals surface area contributed by atoms with Gasteiger partial charge in [0.25, 0.3) is 5.91 Å². The van der Waals surface area contributed by atoms with Crippen LogP contribution in [0.2, 0.25) is 0 Å². The number of H-pyrrole nitrogens is 1. The number of carbonyl (C=O) groups excluding carboxylic acids is 1. The lowest BCUT2D eigenvalue weighted by Crippen LogP contribution is -2.24. The third-order valence-electron chi connectivity index (χ3n) is 2.30. The van der Waals surface area contributed by atoms with E-state index >= 15 is 0 Å². The Hall–Kier alpha value is -2.24. The van der Waals surface area contributed by atoms with E-state index in [2.05, 4.69) is 15.3 Å². The van der Waals surface area contributed by atoms with Gasteiger partial charge in [-0.05, 0) is 25.0 Å². The highest BCUT2D eigenvalue weighted by molar-refractivity contribution is 5.91. The molecule has 4 N–H and O–H groups in total. The summed E-state index contributed by atoms with van der Waals surface area (Å²) in [5.41, 5.74) is 6.41. The summed E-state index contributed by atoms with van der Waals surface area (Å²) in [5.74, 6) is 0.550. The van der Waals surface area contributed by atoms with Crippen LogP contribution < -0.4 is 11.1 Å². The number of furan rings is 1. The van der Waals surface area contributed by atoms with Crippen LogP contribution in [-0.2, 0) is 6.42 Å². The van der Waals surface area contributed by atoms with Crippen molar-refractivity contribution in [2.45, 2.75) is 12.8 Å². The second-order valence-corrected chi connectivity index (χ2v) is 3.63. The van der Waals surface area contributed by atoms with E-state index in [1.165, 1.54) is 6.26 Å². The first-order valence-corrected chi connectivity index (χ1v) is 5.37. The van der Waals surface area contributed by atoms with Crippen LogP contribution >= 0.6 is 0 Å². The summed E-state index contributed by atoms with van der Waals surface area (Å²) in [6, 6.07) is 3.31. The van der Waals surface area contributed by atoms with Gasteiger partial charge in [-0.25, -0.2) is 4.98 Å². The zero-order valence-electron chi connectivity index (χ0n) is 9.27. The monoisotopic (exact) mass is 234 g/mol. The molecule has 2 aromatic heterocycles. The van der Waals surface area contributed by atoms with Crippen molar-refractivity contribution in [1.29, 1.82) is 0 Å². The number of aromatic amines is 1. The maximum atomic E-state index is 11.5. The van der Waals surface area contributed by atoms with E-state index in [0.29, 0.717) is 18.3 Å². The van der Waals surface area contributed by atoms with Gasteiger partial charge in [0.15, 0.2) is 11.7 Å². The van der Waals surface area contributed by atoms with Crippen molar-refractivity contribution in [3.63, 3.8) is 0 Å². The van der Waals surface area contributed by atoms with Crippen molar-refractivity contribution in [2.24, 2.45) is 0 Å². The zero-order chi connectivity index (χ0) is 12.1. The summed E-state index contributed by atoms with van der Waals surface area (Å²) in [6.07, 6.45) is 4.78. The summed E-state index contributed by atoms with van der Waals surface area (Å²) >= 11 is 0. The minimum Gasteiger partial charge on any atom is -0.459 e. The van der Waals surface area contributed by atoms with Gasteiger partial charge >= 0.3 is 0 Å². The van der Waals surface area contributed by atoms with Gasteiger partial charge in [-0.2, -0.15) is 0 Å². The predicted octanol–water partition coefficient (Wildman–Crippen LogP) is 0.947. The number of anilines is 1. The number of aromatic nitrogens is 2. The molecule has 0 aliphatic rings. The highest BCUT2D eigenvalue weighted by Crippen LogP contribution is 2.02. The van der Waals surface area contributed by atoms with E-state index in [4.69, 9.17) is 10.2 Å². The first-order valence-electron chi connectivity index (χ1n) is 5.37. The Bertz CT molecular complexity index is 475. The van der Waals surface area contributed by atoms with Crippen LogP contribution in [0.5, 0.6) is 0 Å². The smallest absolute Gasteiger partial charge is 0.286 e. The molecule has 17 heavy (non-hydrogen) atoms. The topological polar surface area (TPSA) is 96.9 Å². The Morgan fingerprint density at radius 3 is 3.12 bits per heavy atom. The van der Waals surface area contributed by atoms with E-state index in [1.807, 2.05) is 0 Å². The van der Waals surface area contributed by atoms with Gasteiger partial charge in [-0.15, -0.1) is 0 Å². The van der Waals surface area contributed by atoms with Crippen molar-refractivity contribution in [2.75, 3.05) is 12.3 Å². The highest BCUT2D eigenvalue weighted by atomic mass is 16.3. The molecule has 2 rings (SSSR count). The van der Waals surface area contributed by atoms with Crippen molar-refractivity contribution in [3.05, 3.63) is 36.0 Å². The largest absolute Gasteiger partial charge is 0.459 e. The molecule has 0 atom stereocenters. The molecule has 0 radical (unpaired) electrons. The molecule has 0 saturated carbocycles. The molecule has 1 amide bonds. The first kappa shape index (κ1) is 11.3. The van der Waals surface area contributed by atoms with E-state index in [-0.39, 0.29) is 5.91 Å². The van der Waals surface area contributed by atoms with Gasteiger partial charge in [-0.3, -0.25) is 4.79 Å². The summed E-state index contributed by atoms with van der Waals surface area (Å²) < 4.78 is 4.97. The fraction of sp³-hybridized carbons (Fsp3) is 0.273. The number of carbonyl (C=O) groups is 1. The van der Waals surface area contributed by atoms with Gasteiger partial charge in [-0.1, -0.05) is 0 Å². The van der Waals surface area contributed by atoms with Crippen LogP contribution in [0.4, 0.5) is 5.95 Å². The van der Waals surface area contributed by atoms with Crippen LogP contribution in [0, 0.1) is 0 Å². The van der Waals surface area contributed by atoms with Crippen LogP contribution in [0.25, 0.3) is 0 Å². The van der Waals surface area contributed by atoms with E-state index in [9.17, 15) is 4.79 Å². The third-order valence-corrected chi connectivity index (χ3v) is 2.30. The van der Waals surface area contributed by atoms with Crippen LogP contribution in [0.15, 0.2) is 29.0 Å². The summed E-state index contributed by atoms with van der Waals surface area (Å²) in [7, 11) is 0. The summed E-state index contributed by atoms with van der Waals surface area (Å²) in [6.45, 7) is 0.582. The van der Waals surface area contributed by atoms with Gasteiger partial charge in [0.2, 0.25) is 0 Å². The Balaban J connectivity index is 1.68. The SMILES string of the molecule is Nc1ncc(CCCNC(=O)c2ccco2)[nH]1. The number of nitrogens with one attached hydrogen (secondary N) is 2. The second kappa shape index (κ2) is 5.20. The number of aryl methyl sites for hydroxylation is 1. The Labute approximate surface area is 98.2 Å². The van der Waals surface area contributed by atoms with Crippen LogP contribution in [0.3, 0.4) is 0 Å². The van der Waals surface area contributed by atoms with Crippen molar-refractivity contribution < 1.29 is 9.21 Å². The van der Waals surface area contributed by atoms with E-state index in [1.54, 1.807) is 18.3 Å². The predicted molar refractivity (Wildman–Crippen MR) is 62.4 cm³/mol. The number of nitrogens with zero attached hydrogens (tertiary/aromatic N) is 1. The molecule has 0 unspecified atom stereocenters. The van der Waals surface area contributed by atoms with Crippen molar-refractivity contribution in [1.82, 2.24) is 15.3 Å². The molecule has 90 valence electrons. The minimum atomic E-state index is -0.195. The lowest BCUT2D eigenvalue weighted by Gasteiger charge is -2.01. The lowest BCUT2D eigenvalue weighted by molar-refractivity contribution is 0.0925. The van der Waals surface area contributed by atoms with Crippen molar-refractivity contribution in [3.8, 4) is 0 Å². The summed E-state index contributed by atoms with van der Waals surface area (Å²) in [4.78, 5) is 18.3. The van der Waals surface area contributed by atoms with Crippen molar-refractivity contribution >= 4 is 11.9 Å². The molecular weight excluding hydrogens is 220 g/mol. The number of nitrogen functional groups attached to an aromatic ring is 1. The third kappa shape index (κ3) is 3.10. The van der Waals surface area contributed by atoms with Gasteiger partial charge in [0.05, 0.1) is 12.5 Å². The van der Waals surface area contributed by atoms with Gasteiger partial charge in [0.1, 0.15) is 0 Å². The molecule has 0 spiro atoms. The molecule has 0 aliphatic carbocycles. The van der Waals surface area contributed by atoms with Crippen LogP contribution in [-0.4, -0.2) is 22.4 Å². The fourth-order valence-corrected chi connectivity index (χ4v) is 1.48. The quantitative estimate of drug-likeness (QED) is 0.671. The maximum absolute atomic E-state index is 11.5. The number of imidazole rings is 1. The van der Waals surface area contributed by atoms with E-state index in [0.717, 1.165) is 18.5 Å². The molecule has 0 aliphatic heterocycles. The fourth-order valence-electron chi connectivity index (χ4n) is 1.48. The number of nitrogens with two attached hydrogens (primary N) is 1. The average molecular weight is 234 g/mol. The Morgan fingerprint density at radius 2 is 2.47 bits per heavy atom. The average Bonchev–Trinajstić information content (AvgIpc) is 2.95. The molecule has 6 heteroatoms. The molecule has 0 bridgehead atoms. The zero-order valence-corrected chi connectivity index (χ0v) is 9.27. The second-order valence-electron chi connectivity index (χ2n) is 3.63. The maximum Gasteiger partial charge on any atom is 0.286 e. The molecule has 0 saturated heterocycles. The van der Waals surface area contributed by atoms with Gasteiger partial charge < -0.3 is 20.5 Å². The Kier molecular flexibility index (Phi) is 3.44. The Morgan fingerprint density at radius 1 is 1.59 bits per heavy atom. The highest BCUT2D eigenvalue weighted by Gasteiger charge is 2.06.